The van der Waals surface area contributed by atoms with Gasteiger partial charge in [0.2, 0.25) is 17.8 Å². The van der Waals surface area contributed by atoms with Crippen LogP contribution in [-0.4, -0.2) is 74.9 Å². The van der Waals surface area contributed by atoms with Crippen molar-refractivity contribution in [2.45, 2.75) is 44.4 Å². The van der Waals surface area contributed by atoms with Crippen molar-refractivity contribution in [2.24, 2.45) is 0 Å². The lowest BCUT2D eigenvalue weighted by Gasteiger charge is -2.23. The second-order valence-corrected chi connectivity index (χ2v) is 10.9. The number of rotatable bonds is 7. The van der Waals surface area contributed by atoms with Crippen LogP contribution in [0.3, 0.4) is 0 Å². The number of likely N-dealkylation sites (N-methyl/N-ethyl adjacent to an activating group) is 1. The van der Waals surface area contributed by atoms with Crippen LogP contribution in [0.1, 0.15) is 31.2 Å². The smallest absolute Gasteiger partial charge is 0.410 e. The van der Waals surface area contributed by atoms with E-state index in [-0.39, 0.29) is 30.4 Å². The second kappa shape index (κ2) is 12.5. The minimum absolute atomic E-state index is 0.0311. The highest BCUT2D eigenvalue weighted by atomic mass is 16.6. The molecule has 2 saturated heterocycles. The summed E-state index contributed by atoms with van der Waals surface area (Å²) in [5.74, 6) is 0.311. The zero-order valence-electron chi connectivity index (χ0n) is 23.9. The van der Waals surface area contributed by atoms with E-state index in [1.807, 2.05) is 61.6 Å². The summed E-state index contributed by atoms with van der Waals surface area (Å²) < 4.78 is 5.44. The molecule has 0 aliphatic carbocycles. The Kier molecular flexibility index (Phi) is 8.23. The molecule has 2 aliphatic heterocycles. The fourth-order valence-electron chi connectivity index (χ4n) is 5.62. The Morgan fingerprint density at radius 2 is 1.60 bits per heavy atom. The Morgan fingerprint density at radius 3 is 2.37 bits per heavy atom. The number of benzene rings is 2. The third-order valence-electron chi connectivity index (χ3n) is 7.98. The van der Waals surface area contributed by atoms with Gasteiger partial charge in [-0.25, -0.2) is 19.7 Å². The quantitative estimate of drug-likeness (QED) is 0.328. The van der Waals surface area contributed by atoms with Crippen LogP contribution in [0.2, 0.25) is 0 Å². The molecule has 2 atom stereocenters. The molecule has 2 aromatic carbocycles. The van der Waals surface area contributed by atoms with E-state index >= 15 is 0 Å². The van der Waals surface area contributed by atoms with Crippen molar-refractivity contribution in [3.05, 3.63) is 78.6 Å². The van der Waals surface area contributed by atoms with Crippen molar-refractivity contribution in [1.82, 2.24) is 24.8 Å². The summed E-state index contributed by atoms with van der Waals surface area (Å²) in [5.41, 5.74) is 3.30. The number of hydrogen-bond acceptors (Lipinski definition) is 8. The Labute approximate surface area is 249 Å². The van der Waals surface area contributed by atoms with Gasteiger partial charge >= 0.3 is 6.09 Å². The Hall–Kier alpha value is -4.90. The van der Waals surface area contributed by atoms with Crippen LogP contribution >= 0.6 is 0 Å². The predicted octanol–water partition coefficient (Wildman–Crippen LogP) is 4.46. The third-order valence-corrected chi connectivity index (χ3v) is 7.98. The van der Waals surface area contributed by atoms with Crippen LogP contribution in [0, 0.1) is 0 Å². The molecule has 2 fully saturated rings. The van der Waals surface area contributed by atoms with Crippen LogP contribution in [0.25, 0.3) is 22.0 Å². The summed E-state index contributed by atoms with van der Waals surface area (Å²) in [5, 5.41) is 6.59. The summed E-state index contributed by atoms with van der Waals surface area (Å²) in [6, 6.07) is 18.2. The number of fused-ring (bicyclic) bond motifs is 1. The van der Waals surface area contributed by atoms with Crippen LogP contribution in [0.15, 0.2) is 73.1 Å². The first-order valence-electron chi connectivity index (χ1n) is 14.5. The highest BCUT2D eigenvalue weighted by Gasteiger charge is 2.35. The first-order valence-corrected chi connectivity index (χ1v) is 14.5. The van der Waals surface area contributed by atoms with Gasteiger partial charge in [-0.1, -0.05) is 36.4 Å². The molecule has 6 rings (SSSR count). The molecule has 2 aliphatic rings. The van der Waals surface area contributed by atoms with Gasteiger partial charge in [0.15, 0.2) is 0 Å². The summed E-state index contributed by atoms with van der Waals surface area (Å²) in [4.78, 5) is 55.1. The van der Waals surface area contributed by atoms with Crippen molar-refractivity contribution >= 4 is 40.6 Å². The normalized spacial score (nSPS) is 18.5. The molecule has 4 aromatic rings. The van der Waals surface area contributed by atoms with Crippen LogP contribution in [0.4, 0.5) is 16.6 Å². The number of anilines is 2. The number of amides is 3. The van der Waals surface area contributed by atoms with Gasteiger partial charge in [-0.15, -0.1) is 0 Å². The first kappa shape index (κ1) is 28.2. The monoisotopic (exact) mass is 579 g/mol. The second-order valence-electron chi connectivity index (χ2n) is 10.9. The van der Waals surface area contributed by atoms with Crippen molar-refractivity contribution in [3.8, 4) is 11.1 Å². The molecular weight excluding hydrogens is 546 g/mol. The molecule has 43 heavy (non-hydrogen) atoms. The predicted molar refractivity (Wildman–Crippen MR) is 162 cm³/mol. The highest BCUT2D eigenvalue weighted by molar-refractivity contribution is 5.96. The maximum Gasteiger partial charge on any atom is 0.410 e. The largest absolute Gasteiger partial charge is 0.445 e. The fraction of sp³-hybridized carbons (Fsp3) is 0.312. The number of ether oxygens (including phenoxy) is 1. The third kappa shape index (κ3) is 6.46. The zero-order valence-corrected chi connectivity index (χ0v) is 23.9. The fourth-order valence-corrected chi connectivity index (χ4v) is 5.62. The lowest BCUT2D eigenvalue weighted by molar-refractivity contribution is -0.120. The van der Waals surface area contributed by atoms with Gasteiger partial charge in [-0.05, 0) is 74.7 Å². The number of aromatic nitrogens is 3. The summed E-state index contributed by atoms with van der Waals surface area (Å²) in [6.45, 7) is 1.53. The van der Waals surface area contributed by atoms with Gasteiger partial charge in [0.25, 0.3) is 0 Å². The van der Waals surface area contributed by atoms with E-state index in [2.05, 4.69) is 30.5 Å². The lowest BCUT2D eigenvalue weighted by Crippen LogP contribution is -2.43. The average molecular weight is 580 g/mol. The van der Waals surface area contributed by atoms with E-state index in [9.17, 15) is 14.4 Å². The summed E-state index contributed by atoms with van der Waals surface area (Å²) in [6.07, 6.45) is 5.89. The van der Waals surface area contributed by atoms with Gasteiger partial charge in [0, 0.05) is 29.9 Å². The Balaban J connectivity index is 1.06. The minimum Gasteiger partial charge on any atom is -0.445 e. The van der Waals surface area contributed by atoms with Gasteiger partial charge < -0.3 is 10.1 Å². The van der Waals surface area contributed by atoms with Crippen molar-refractivity contribution in [2.75, 3.05) is 30.8 Å². The average Bonchev–Trinajstić information content (AvgIpc) is 3.70. The molecule has 11 nitrogen and oxygen atoms in total. The molecule has 4 heterocycles. The van der Waals surface area contributed by atoms with Crippen LogP contribution in [-0.2, 0) is 20.9 Å². The van der Waals surface area contributed by atoms with Crippen LogP contribution < -0.4 is 10.6 Å². The molecule has 0 radical (unpaired) electrons. The standard InChI is InChI=1S/C32H33N7O4/c1-38-15-5-9-26(38)29(40)36-28-14-12-23-17-22(11-13-25(23)35-28)24-18-33-31(34-19-24)37-30(41)27-10-6-16-39(27)32(42)43-20-21-7-3-2-4-8-21/h2-4,7-8,11-14,17-19,26-27H,5-6,9-10,15-16,20H2,1H3,(H,35,36,40)(H,33,34,37,41)/t26-,27-/m0/s1. The van der Waals surface area contributed by atoms with E-state index in [1.165, 1.54) is 4.90 Å². The number of carbonyl (C=O) groups is 3. The minimum atomic E-state index is -0.645. The van der Waals surface area contributed by atoms with Gasteiger partial charge in [0.05, 0.1) is 11.6 Å². The number of likely N-dealkylation sites (tertiary alicyclic amines) is 2. The zero-order chi connectivity index (χ0) is 29.8. The number of nitrogens with one attached hydrogen (secondary N) is 2. The molecule has 0 spiro atoms. The van der Waals surface area contributed by atoms with Crippen LogP contribution in [0.5, 0.6) is 0 Å². The van der Waals surface area contributed by atoms with Gasteiger partial charge in [0.1, 0.15) is 18.5 Å². The number of nitrogens with zero attached hydrogens (tertiary/aromatic N) is 5. The van der Waals surface area contributed by atoms with Gasteiger partial charge in [-0.2, -0.15) is 0 Å². The Morgan fingerprint density at radius 1 is 0.860 bits per heavy atom. The maximum absolute atomic E-state index is 13.0. The van der Waals surface area contributed by atoms with Crippen molar-refractivity contribution in [1.29, 1.82) is 0 Å². The maximum atomic E-state index is 13.0. The number of hydrogen-bond donors (Lipinski definition) is 2. The molecule has 220 valence electrons. The van der Waals surface area contributed by atoms with Crippen molar-refractivity contribution in [3.63, 3.8) is 0 Å². The molecule has 2 aromatic heterocycles. The molecule has 3 amide bonds. The molecule has 11 heteroatoms. The van der Waals surface area contributed by atoms with Gasteiger partial charge in [-0.3, -0.25) is 24.7 Å². The topological polar surface area (TPSA) is 130 Å². The van der Waals surface area contributed by atoms with Crippen molar-refractivity contribution < 1.29 is 19.1 Å². The van der Waals surface area contributed by atoms with E-state index in [0.29, 0.717) is 25.2 Å². The number of pyridine rings is 1. The highest BCUT2D eigenvalue weighted by Crippen LogP contribution is 2.25. The molecule has 0 unspecified atom stereocenters. The summed E-state index contributed by atoms with van der Waals surface area (Å²) in [7, 11) is 1.96. The molecule has 0 saturated carbocycles. The molecule has 0 bridgehead atoms. The SMILES string of the molecule is CN1CCC[C@H]1C(=O)Nc1ccc2cc(-c3cnc(NC(=O)[C@@H]4CCCN4C(=O)OCc4ccccc4)nc3)ccc2n1. The van der Waals surface area contributed by atoms with E-state index in [0.717, 1.165) is 47.0 Å². The lowest BCUT2D eigenvalue weighted by atomic mass is 10.1. The molecule has 2 N–H and O–H groups in total. The first-order chi connectivity index (χ1) is 20.9. The Bertz CT molecular complexity index is 1630. The number of carbonyl (C=O) groups excluding carboxylic acids is 3. The van der Waals surface area contributed by atoms with E-state index < -0.39 is 12.1 Å². The summed E-state index contributed by atoms with van der Waals surface area (Å²) >= 11 is 0. The van der Waals surface area contributed by atoms with E-state index in [1.54, 1.807) is 18.5 Å². The van der Waals surface area contributed by atoms with E-state index in [4.69, 9.17) is 4.74 Å². The molecular formula is C32H33N7O4.